The van der Waals surface area contributed by atoms with Gasteiger partial charge in [-0.3, -0.25) is 0 Å². The molecule has 0 aliphatic carbocycles. The molecule has 0 bridgehead atoms. The second kappa shape index (κ2) is 6.49. The van der Waals surface area contributed by atoms with Crippen molar-refractivity contribution < 1.29 is 46.6 Å². The van der Waals surface area contributed by atoms with Gasteiger partial charge in [0, 0.05) is 0 Å². The summed E-state index contributed by atoms with van der Waals surface area (Å²) in [5, 5.41) is 19.6. The Bertz CT molecular complexity index is 403. The molecule has 0 aromatic heterocycles. The number of hydrogen-bond donors (Lipinski definition) is 4. The van der Waals surface area contributed by atoms with Crippen LogP contribution >= 0.6 is 0 Å². The van der Waals surface area contributed by atoms with Crippen molar-refractivity contribution in [3.05, 3.63) is 24.3 Å². The van der Waals surface area contributed by atoms with E-state index < -0.39 is 20.1 Å². The van der Waals surface area contributed by atoms with Crippen LogP contribution in [0.3, 0.4) is 0 Å². The fourth-order valence-corrected chi connectivity index (χ4v) is 2.08. The van der Waals surface area contributed by atoms with Crippen LogP contribution in [0.2, 0.25) is 0 Å². The maximum Gasteiger partial charge on any atom is 1.00 e. The van der Waals surface area contributed by atoms with Gasteiger partial charge in [0.05, 0.1) is 0 Å². The maximum absolute atomic E-state index is 10.9. The van der Waals surface area contributed by atoms with Gasteiger partial charge in [0.1, 0.15) is 0 Å². The van der Waals surface area contributed by atoms with Gasteiger partial charge in [-0.1, -0.05) is 0 Å². The van der Waals surface area contributed by atoms with E-state index in [4.69, 9.17) is 13.6 Å². The van der Waals surface area contributed by atoms with Crippen molar-refractivity contribution in [1.29, 1.82) is 5.41 Å². The Morgan fingerprint density at radius 2 is 1.88 bits per heavy atom. The predicted molar refractivity (Wildman–Crippen MR) is 53.2 cm³/mol. The van der Waals surface area contributed by atoms with Gasteiger partial charge >= 0.3 is 118 Å². The quantitative estimate of drug-likeness (QED) is 0.252. The average molecular weight is 296 g/mol. The molecule has 4 N–H and O–H groups in total. The largest absolute Gasteiger partial charge is 1.00 e. The zero-order chi connectivity index (χ0) is 11.5. The molecular weight excluding hydrogens is 286 g/mol. The molecule has 1 rings (SSSR count). The second-order valence-corrected chi connectivity index (χ2v) is 6.23. The number of hydrogen-bond acceptors (Lipinski definition) is 4. The zero-order valence-electron chi connectivity index (χ0n) is 8.67. The third-order valence-corrected chi connectivity index (χ3v) is 3.69. The molecule has 0 unspecified atom stereocenters. The van der Waals surface area contributed by atoms with E-state index in [1.54, 1.807) is 0 Å². The van der Waals surface area contributed by atoms with Crippen molar-refractivity contribution in [2.24, 2.45) is 0 Å². The molecule has 0 atom stereocenters. The van der Waals surface area contributed by atoms with Crippen molar-refractivity contribution in [1.82, 2.24) is 0 Å². The molecule has 0 heterocycles. The summed E-state index contributed by atoms with van der Waals surface area (Å²) in [6.07, 6.45) is 0. The Kier molecular flexibility index (Phi) is 6.40. The van der Waals surface area contributed by atoms with Crippen LogP contribution in [-0.2, 0) is 3.74 Å². The normalized spacial score (nSPS) is 10.4. The van der Waals surface area contributed by atoms with Gasteiger partial charge in [-0.05, 0) is 0 Å². The maximum atomic E-state index is 10.9. The standard InChI is InChI=1S/C8H11AsN2O4.Na/c10-8(12)5-11-7-3-1-6(2-4-7)9(13,14)15;/h1-4,11H,5H2,(H2,10,12)(H2,13,14,15);/q;+1/p-1. The molecule has 0 aliphatic heterocycles. The van der Waals surface area contributed by atoms with Crippen molar-refractivity contribution in [3.8, 4) is 0 Å². The van der Waals surface area contributed by atoms with Crippen LogP contribution in [0, 0.1) is 5.41 Å². The summed E-state index contributed by atoms with van der Waals surface area (Å²) in [5.74, 6) is -0.752. The molecule has 1 aromatic rings. The molecule has 0 spiro atoms. The van der Waals surface area contributed by atoms with Gasteiger partial charge in [-0.2, -0.15) is 0 Å². The second-order valence-electron chi connectivity index (χ2n) is 2.87. The van der Waals surface area contributed by atoms with Gasteiger partial charge in [0.15, 0.2) is 0 Å². The molecule has 0 aliphatic rings. The first-order valence-electron chi connectivity index (χ1n) is 4.04. The smallest absolute Gasteiger partial charge is 1.00 e. The van der Waals surface area contributed by atoms with Crippen LogP contribution in [0.25, 0.3) is 0 Å². The van der Waals surface area contributed by atoms with Crippen molar-refractivity contribution in [2.45, 2.75) is 0 Å². The van der Waals surface area contributed by atoms with E-state index in [0.717, 1.165) is 0 Å². The van der Waals surface area contributed by atoms with E-state index in [2.05, 4.69) is 5.32 Å². The molecule has 1 aromatic carbocycles. The number of benzene rings is 1. The van der Waals surface area contributed by atoms with E-state index in [9.17, 15) is 8.85 Å². The SMILES string of the molecule is N=C([O-])CNc1ccc([As](=O)(O)O)cc1.[Na+]. The van der Waals surface area contributed by atoms with E-state index in [-0.39, 0.29) is 40.5 Å². The molecular formula is C8H10AsN2NaO4. The van der Waals surface area contributed by atoms with Gasteiger partial charge in [-0.15, -0.1) is 0 Å². The third kappa shape index (κ3) is 5.20. The monoisotopic (exact) mass is 296 g/mol. The van der Waals surface area contributed by atoms with E-state index >= 15 is 0 Å². The Morgan fingerprint density at radius 1 is 1.38 bits per heavy atom. The summed E-state index contributed by atoms with van der Waals surface area (Å²) >= 11 is -4.81. The van der Waals surface area contributed by atoms with Crippen LogP contribution in [-0.4, -0.2) is 34.8 Å². The van der Waals surface area contributed by atoms with Gasteiger partial charge in [0.25, 0.3) is 0 Å². The van der Waals surface area contributed by atoms with Crippen molar-refractivity contribution >= 4 is 30.1 Å². The summed E-state index contributed by atoms with van der Waals surface area (Å²) in [6, 6.07) is 5.52. The molecule has 0 radical (unpaired) electrons. The molecule has 8 heteroatoms. The molecule has 6 nitrogen and oxygen atoms in total. The number of rotatable bonds is 4. The molecule has 0 saturated heterocycles. The minimum atomic E-state index is -4.81. The third-order valence-electron chi connectivity index (χ3n) is 1.66. The molecule has 16 heavy (non-hydrogen) atoms. The first-order chi connectivity index (χ1) is 6.89. The van der Waals surface area contributed by atoms with E-state index in [1.807, 2.05) is 0 Å². The molecule has 0 fully saturated rings. The van der Waals surface area contributed by atoms with Crippen LogP contribution in [0.1, 0.15) is 0 Å². The summed E-state index contributed by atoms with van der Waals surface area (Å²) in [7, 11) is 0. The van der Waals surface area contributed by atoms with E-state index in [1.165, 1.54) is 24.3 Å². The van der Waals surface area contributed by atoms with Gasteiger partial charge < -0.3 is 0 Å². The summed E-state index contributed by atoms with van der Waals surface area (Å²) in [6.45, 7) is -0.125. The van der Waals surface area contributed by atoms with Crippen molar-refractivity contribution in [2.75, 3.05) is 11.9 Å². The Morgan fingerprint density at radius 3 is 2.25 bits per heavy atom. The minimum absolute atomic E-state index is 0. The summed E-state index contributed by atoms with van der Waals surface area (Å²) in [5.41, 5.74) is 0.545. The van der Waals surface area contributed by atoms with Crippen LogP contribution in [0.5, 0.6) is 0 Å². The molecule has 82 valence electrons. The van der Waals surface area contributed by atoms with Gasteiger partial charge in [0.2, 0.25) is 0 Å². The number of nitrogens with one attached hydrogen (secondary N) is 2. The van der Waals surface area contributed by atoms with E-state index in [0.29, 0.717) is 5.69 Å². The van der Waals surface area contributed by atoms with Gasteiger partial charge in [-0.25, -0.2) is 0 Å². The fraction of sp³-hybridized carbons (Fsp3) is 0.125. The first-order valence-corrected chi connectivity index (χ1v) is 7.42. The minimum Gasteiger partial charge on any atom is 1.00 e. The topological polar surface area (TPSA) is 116 Å². The Balaban J connectivity index is 0.00000225. The summed E-state index contributed by atoms with van der Waals surface area (Å²) < 4.78 is 28.6. The van der Waals surface area contributed by atoms with Crippen LogP contribution < -0.4 is 44.3 Å². The Labute approximate surface area is 117 Å². The zero-order valence-corrected chi connectivity index (χ0v) is 12.6. The molecule has 0 saturated carbocycles. The Hall–Kier alpha value is -0.232. The number of anilines is 1. The van der Waals surface area contributed by atoms with Crippen LogP contribution in [0.15, 0.2) is 24.3 Å². The molecule has 0 amide bonds. The fourth-order valence-electron chi connectivity index (χ4n) is 0.956. The predicted octanol–water partition coefficient (Wildman–Crippen LogP) is -5.00. The van der Waals surface area contributed by atoms with Crippen molar-refractivity contribution in [3.63, 3.8) is 0 Å². The average Bonchev–Trinajstić information content (AvgIpc) is 2.14. The van der Waals surface area contributed by atoms with Crippen LogP contribution in [0.4, 0.5) is 5.69 Å². The first kappa shape index (κ1) is 15.8. The summed E-state index contributed by atoms with van der Waals surface area (Å²) in [4.78, 5) is 0.